The second-order valence-corrected chi connectivity index (χ2v) is 6.77. The van der Waals surface area contributed by atoms with Crippen molar-refractivity contribution < 1.29 is 0 Å². The van der Waals surface area contributed by atoms with Gasteiger partial charge in [0, 0.05) is 11.4 Å². The first-order valence-electron chi connectivity index (χ1n) is 7.05. The molecule has 0 saturated carbocycles. The number of rotatable bonds is 3. The summed E-state index contributed by atoms with van der Waals surface area (Å²) in [4.78, 5) is 14.7. The van der Waals surface area contributed by atoms with Gasteiger partial charge in [-0.2, -0.15) is 0 Å². The predicted molar refractivity (Wildman–Crippen MR) is 77.8 cm³/mol. The SMILES string of the molecule is CC(C)CCn1nnc2sc3c(c2c1=O)CCCC3. The number of nitrogens with zero attached hydrogens (tertiary/aromatic N) is 3. The molecule has 0 fully saturated rings. The lowest BCUT2D eigenvalue weighted by Crippen LogP contribution is -2.25. The molecule has 0 unspecified atom stereocenters. The molecule has 2 heterocycles. The molecule has 19 heavy (non-hydrogen) atoms. The van der Waals surface area contributed by atoms with Crippen molar-refractivity contribution >= 4 is 21.6 Å². The third-order valence-corrected chi connectivity index (χ3v) is 4.94. The van der Waals surface area contributed by atoms with Gasteiger partial charge >= 0.3 is 0 Å². The van der Waals surface area contributed by atoms with Gasteiger partial charge in [0.1, 0.15) is 0 Å². The standard InChI is InChI=1S/C14H19N3OS/c1-9(2)7-8-17-14(18)12-10-5-3-4-6-11(10)19-13(12)15-16-17/h9H,3-8H2,1-2H3. The zero-order chi connectivity index (χ0) is 13.4. The van der Waals surface area contributed by atoms with E-state index in [1.54, 1.807) is 16.0 Å². The molecule has 0 amide bonds. The van der Waals surface area contributed by atoms with Crippen molar-refractivity contribution in [2.24, 2.45) is 5.92 Å². The molecule has 0 spiro atoms. The van der Waals surface area contributed by atoms with Gasteiger partial charge < -0.3 is 0 Å². The lowest BCUT2D eigenvalue weighted by Gasteiger charge is -2.10. The summed E-state index contributed by atoms with van der Waals surface area (Å²) in [7, 11) is 0. The van der Waals surface area contributed by atoms with Crippen LogP contribution in [0.15, 0.2) is 4.79 Å². The monoisotopic (exact) mass is 277 g/mol. The van der Waals surface area contributed by atoms with Crippen LogP contribution in [-0.2, 0) is 19.4 Å². The summed E-state index contributed by atoms with van der Waals surface area (Å²) in [6, 6.07) is 0. The summed E-state index contributed by atoms with van der Waals surface area (Å²) in [5, 5.41) is 9.19. The third-order valence-electron chi connectivity index (χ3n) is 3.76. The second kappa shape index (κ2) is 5.04. The highest BCUT2D eigenvalue weighted by molar-refractivity contribution is 7.18. The van der Waals surface area contributed by atoms with Crippen molar-refractivity contribution in [1.29, 1.82) is 0 Å². The van der Waals surface area contributed by atoms with Crippen LogP contribution in [0.1, 0.15) is 43.6 Å². The Bertz CT molecular complexity index is 656. The highest BCUT2D eigenvalue weighted by atomic mass is 32.1. The minimum Gasteiger partial charge on any atom is -0.267 e. The predicted octanol–water partition coefficient (Wildman–Crippen LogP) is 2.78. The first-order chi connectivity index (χ1) is 9.16. The van der Waals surface area contributed by atoms with Gasteiger partial charge in [0.2, 0.25) is 0 Å². The fourth-order valence-electron chi connectivity index (χ4n) is 2.63. The zero-order valence-electron chi connectivity index (χ0n) is 11.5. The molecule has 0 saturated heterocycles. The van der Waals surface area contributed by atoms with Crippen LogP contribution < -0.4 is 5.56 Å². The number of fused-ring (bicyclic) bond motifs is 3. The molecule has 2 aromatic heterocycles. The largest absolute Gasteiger partial charge is 0.278 e. The van der Waals surface area contributed by atoms with Crippen LogP contribution in [0.5, 0.6) is 0 Å². The van der Waals surface area contributed by atoms with E-state index in [1.165, 1.54) is 23.3 Å². The molecule has 0 radical (unpaired) electrons. The minimum absolute atomic E-state index is 0.0602. The van der Waals surface area contributed by atoms with Gasteiger partial charge in [-0.25, -0.2) is 4.68 Å². The van der Waals surface area contributed by atoms with Crippen molar-refractivity contribution in [1.82, 2.24) is 15.0 Å². The molecular weight excluding hydrogens is 258 g/mol. The van der Waals surface area contributed by atoms with E-state index in [0.29, 0.717) is 12.5 Å². The molecule has 5 heteroatoms. The Hall–Kier alpha value is -1.23. The zero-order valence-corrected chi connectivity index (χ0v) is 12.3. The van der Waals surface area contributed by atoms with Gasteiger partial charge in [0.25, 0.3) is 5.56 Å². The number of aromatic nitrogens is 3. The summed E-state index contributed by atoms with van der Waals surface area (Å²) in [5.41, 5.74) is 1.31. The smallest absolute Gasteiger partial charge is 0.267 e. The third kappa shape index (κ3) is 2.31. The lowest BCUT2D eigenvalue weighted by molar-refractivity contribution is 0.460. The van der Waals surface area contributed by atoms with E-state index in [1.807, 2.05) is 0 Å². The highest BCUT2D eigenvalue weighted by Gasteiger charge is 2.20. The van der Waals surface area contributed by atoms with Gasteiger partial charge in [0.05, 0.1) is 5.39 Å². The van der Waals surface area contributed by atoms with E-state index >= 15 is 0 Å². The molecular formula is C14H19N3OS. The van der Waals surface area contributed by atoms with Crippen LogP contribution in [0.4, 0.5) is 0 Å². The van der Waals surface area contributed by atoms with Crippen molar-refractivity contribution in [3.63, 3.8) is 0 Å². The molecule has 3 rings (SSSR count). The molecule has 0 aliphatic heterocycles. The molecule has 4 nitrogen and oxygen atoms in total. The fraction of sp³-hybridized carbons (Fsp3) is 0.643. The molecule has 2 aromatic rings. The lowest BCUT2D eigenvalue weighted by atomic mass is 9.97. The Kier molecular flexibility index (Phi) is 3.39. The van der Waals surface area contributed by atoms with Gasteiger partial charge in [-0.15, -0.1) is 16.4 Å². The molecule has 1 aliphatic carbocycles. The molecule has 0 atom stereocenters. The number of hydrogen-bond donors (Lipinski definition) is 0. The first kappa shape index (κ1) is 12.8. The van der Waals surface area contributed by atoms with E-state index in [4.69, 9.17) is 0 Å². The van der Waals surface area contributed by atoms with E-state index in [2.05, 4.69) is 24.2 Å². The molecule has 0 bridgehead atoms. The summed E-state index contributed by atoms with van der Waals surface area (Å²) in [6.07, 6.45) is 5.51. The van der Waals surface area contributed by atoms with Gasteiger partial charge in [0.15, 0.2) is 4.83 Å². The van der Waals surface area contributed by atoms with Crippen LogP contribution in [0.25, 0.3) is 10.2 Å². The highest BCUT2D eigenvalue weighted by Crippen LogP contribution is 2.33. The topological polar surface area (TPSA) is 47.8 Å². The fourth-order valence-corrected chi connectivity index (χ4v) is 3.83. The average Bonchev–Trinajstić information content (AvgIpc) is 2.76. The van der Waals surface area contributed by atoms with Gasteiger partial charge in [-0.1, -0.05) is 19.1 Å². The van der Waals surface area contributed by atoms with E-state index < -0.39 is 0 Å². The van der Waals surface area contributed by atoms with Crippen molar-refractivity contribution in [3.8, 4) is 0 Å². The number of hydrogen-bond acceptors (Lipinski definition) is 4. The average molecular weight is 277 g/mol. The maximum atomic E-state index is 12.5. The second-order valence-electron chi connectivity index (χ2n) is 5.69. The van der Waals surface area contributed by atoms with Crippen LogP contribution in [-0.4, -0.2) is 15.0 Å². The van der Waals surface area contributed by atoms with Crippen molar-refractivity contribution in [2.45, 2.75) is 52.5 Å². The Morgan fingerprint density at radius 1 is 1.32 bits per heavy atom. The van der Waals surface area contributed by atoms with Crippen LogP contribution >= 0.6 is 11.3 Å². The molecule has 0 aromatic carbocycles. The maximum absolute atomic E-state index is 12.5. The van der Waals surface area contributed by atoms with Crippen LogP contribution in [0.2, 0.25) is 0 Å². The van der Waals surface area contributed by atoms with Crippen LogP contribution in [0, 0.1) is 5.92 Å². The number of thiophene rings is 1. The Labute approximate surface area is 116 Å². The van der Waals surface area contributed by atoms with Gasteiger partial charge in [-0.05, 0) is 43.6 Å². The minimum atomic E-state index is 0.0602. The Morgan fingerprint density at radius 3 is 2.89 bits per heavy atom. The number of aryl methyl sites for hydroxylation is 3. The van der Waals surface area contributed by atoms with Gasteiger partial charge in [-0.3, -0.25) is 4.79 Å². The summed E-state index contributed by atoms with van der Waals surface area (Å²) >= 11 is 1.66. The van der Waals surface area contributed by atoms with E-state index in [9.17, 15) is 4.79 Å². The summed E-state index contributed by atoms with van der Waals surface area (Å²) in [5.74, 6) is 0.570. The molecule has 1 aliphatic rings. The quantitative estimate of drug-likeness (QED) is 0.866. The molecule has 102 valence electrons. The molecule has 0 N–H and O–H groups in total. The first-order valence-corrected chi connectivity index (χ1v) is 7.86. The Balaban J connectivity index is 2.07. The normalized spacial score (nSPS) is 15.1. The summed E-state index contributed by atoms with van der Waals surface area (Å²) in [6.45, 7) is 4.98. The maximum Gasteiger partial charge on any atom is 0.278 e. The van der Waals surface area contributed by atoms with E-state index in [0.717, 1.165) is 29.5 Å². The Morgan fingerprint density at radius 2 is 2.11 bits per heavy atom. The summed E-state index contributed by atoms with van der Waals surface area (Å²) < 4.78 is 1.55. The van der Waals surface area contributed by atoms with Crippen molar-refractivity contribution in [2.75, 3.05) is 0 Å². The van der Waals surface area contributed by atoms with Crippen molar-refractivity contribution in [3.05, 3.63) is 20.8 Å². The van der Waals surface area contributed by atoms with E-state index in [-0.39, 0.29) is 5.56 Å². The van der Waals surface area contributed by atoms with Crippen LogP contribution in [0.3, 0.4) is 0 Å².